The van der Waals surface area contributed by atoms with Gasteiger partial charge in [-0.2, -0.15) is 0 Å². The third-order valence-corrected chi connectivity index (χ3v) is 4.22. The third-order valence-electron chi connectivity index (χ3n) is 4.22. The van der Waals surface area contributed by atoms with E-state index in [4.69, 9.17) is 5.73 Å². The summed E-state index contributed by atoms with van der Waals surface area (Å²) in [5.74, 6) is 0.154. The van der Waals surface area contributed by atoms with Crippen molar-refractivity contribution in [2.75, 3.05) is 13.1 Å². The Balaban J connectivity index is 2.67. The molecule has 4 heteroatoms. The molecule has 0 bridgehead atoms. The molecule has 0 aliphatic heterocycles. The zero-order valence-electron chi connectivity index (χ0n) is 13.5. The van der Waals surface area contributed by atoms with Crippen molar-refractivity contribution in [2.24, 2.45) is 5.73 Å². The van der Waals surface area contributed by atoms with Crippen molar-refractivity contribution in [3.05, 3.63) is 0 Å². The van der Waals surface area contributed by atoms with Crippen molar-refractivity contribution in [2.45, 2.75) is 83.8 Å². The first-order chi connectivity index (χ1) is 9.56. The molecule has 0 aromatic carbocycles. The van der Waals surface area contributed by atoms with Crippen LogP contribution in [0.4, 0.5) is 0 Å². The lowest BCUT2D eigenvalue weighted by molar-refractivity contribution is -0.127. The Morgan fingerprint density at radius 1 is 1.20 bits per heavy atom. The van der Waals surface area contributed by atoms with Gasteiger partial charge in [-0.25, -0.2) is 0 Å². The smallest absolute Gasteiger partial charge is 0.237 e. The molecule has 1 unspecified atom stereocenters. The Morgan fingerprint density at radius 3 is 2.30 bits per heavy atom. The van der Waals surface area contributed by atoms with Gasteiger partial charge in [0.1, 0.15) is 0 Å². The van der Waals surface area contributed by atoms with E-state index < -0.39 is 0 Å². The monoisotopic (exact) mass is 283 g/mol. The molecule has 1 saturated carbocycles. The van der Waals surface area contributed by atoms with E-state index in [9.17, 15) is 4.79 Å². The minimum atomic E-state index is -0.0490. The van der Waals surface area contributed by atoms with E-state index in [-0.39, 0.29) is 18.0 Å². The lowest BCUT2D eigenvalue weighted by Crippen LogP contribution is -2.51. The predicted molar refractivity (Wildman–Crippen MR) is 84.6 cm³/mol. The summed E-state index contributed by atoms with van der Waals surface area (Å²) in [6.45, 7) is 7.70. The van der Waals surface area contributed by atoms with Gasteiger partial charge in [-0.3, -0.25) is 9.69 Å². The zero-order chi connectivity index (χ0) is 15.0. The molecule has 0 heterocycles. The second-order valence-corrected chi connectivity index (χ2v) is 6.36. The highest BCUT2D eigenvalue weighted by molar-refractivity contribution is 5.81. The summed E-state index contributed by atoms with van der Waals surface area (Å²) in [6.07, 6.45) is 8.69. The number of carbonyl (C=O) groups is 1. The van der Waals surface area contributed by atoms with Gasteiger partial charge < -0.3 is 11.1 Å². The van der Waals surface area contributed by atoms with Gasteiger partial charge in [-0.05, 0) is 46.6 Å². The summed E-state index contributed by atoms with van der Waals surface area (Å²) in [4.78, 5) is 14.7. The van der Waals surface area contributed by atoms with Crippen LogP contribution in [0.15, 0.2) is 0 Å². The van der Waals surface area contributed by atoms with Gasteiger partial charge in [-0.1, -0.05) is 25.7 Å². The lowest BCUT2D eigenvalue weighted by Gasteiger charge is -2.35. The molecule has 0 aromatic heterocycles. The van der Waals surface area contributed by atoms with Gasteiger partial charge in [0, 0.05) is 18.6 Å². The van der Waals surface area contributed by atoms with Gasteiger partial charge in [-0.15, -0.1) is 0 Å². The fourth-order valence-corrected chi connectivity index (χ4v) is 3.11. The van der Waals surface area contributed by atoms with Crippen LogP contribution >= 0.6 is 0 Å². The number of nitrogens with one attached hydrogen (secondary N) is 1. The number of hydrogen-bond donors (Lipinski definition) is 2. The van der Waals surface area contributed by atoms with Gasteiger partial charge >= 0.3 is 0 Å². The molecule has 1 aliphatic rings. The summed E-state index contributed by atoms with van der Waals surface area (Å²) < 4.78 is 0. The molecule has 4 nitrogen and oxygen atoms in total. The Kier molecular flexibility index (Phi) is 8.15. The fraction of sp³-hybridized carbons (Fsp3) is 0.938. The number of hydrogen-bond acceptors (Lipinski definition) is 3. The minimum absolute atomic E-state index is 0.0490. The normalized spacial score (nSPS) is 19.1. The van der Waals surface area contributed by atoms with Crippen LogP contribution in [0.2, 0.25) is 0 Å². The molecule has 1 amide bonds. The summed E-state index contributed by atoms with van der Waals surface area (Å²) in [6, 6.07) is 0.708. The summed E-state index contributed by atoms with van der Waals surface area (Å²) in [5, 5.41) is 3.04. The van der Waals surface area contributed by atoms with Crippen molar-refractivity contribution in [3.63, 3.8) is 0 Å². The van der Waals surface area contributed by atoms with Gasteiger partial charge in [0.05, 0.1) is 6.04 Å². The topological polar surface area (TPSA) is 58.4 Å². The third kappa shape index (κ3) is 5.80. The van der Waals surface area contributed by atoms with Crippen molar-refractivity contribution >= 4 is 5.91 Å². The van der Waals surface area contributed by atoms with Crippen molar-refractivity contribution in [1.82, 2.24) is 10.2 Å². The number of amides is 1. The molecule has 0 saturated heterocycles. The summed E-state index contributed by atoms with van der Waals surface area (Å²) >= 11 is 0. The first-order valence-corrected chi connectivity index (χ1v) is 8.32. The zero-order valence-corrected chi connectivity index (χ0v) is 13.5. The highest BCUT2D eigenvalue weighted by Crippen LogP contribution is 2.23. The van der Waals surface area contributed by atoms with Crippen molar-refractivity contribution in [3.8, 4) is 0 Å². The molecule has 1 fully saturated rings. The molecule has 1 aliphatic carbocycles. The molecule has 0 aromatic rings. The van der Waals surface area contributed by atoms with Crippen LogP contribution in [0.3, 0.4) is 0 Å². The van der Waals surface area contributed by atoms with E-state index >= 15 is 0 Å². The van der Waals surface area contributed by atoms with Gasteiger partial charge in [0.2, 0.25) is 5.91 Å². The number of nitrogens with zero attached hydrogens (tertiary/aromatic N) is 1. The predicted octanol–water partition coefficient (Wildman–Crippen LogP) is 2.27. The Bertz CT molecular complexity index is 273. The molecule has 118 valence electrons. The van der Waals surface area contributed by atoms with E-state index in [1.165, 1.54) is 38.5 Å². The second kappa shape index (κ2) is 9.35. The van der Waals surface area contributed by atoms with Crippen LogP contribution in [-0.2, 0) is 4.79 Å². The maximum atomic E-state index is 12.3. The molecule has 3 N–H and O–H groups in total. The van der Waals surface area contributed by atoms with Crippen LogP contribution < -0.4 is 11.1 Å². The van der Waals surface area contributed by atoms with E-state index in [1.807, 2.05) is 20.8 Å². The average molecular weight is 283 g/mol. The van der Waals surface area contributed by atoms with Crippen LogP contribution in [0, 0.1) is 0 Å². The van der Waals surface area contributed by atoms with Crippen LogP contribution in [-0.4, -0.2) is 42.0 Å². The SMILES string of the molecule is CC(C)NC(=O)C(C)N(CCCN)C1CCCCCC1. The second-order valence-electron chi connectivity index (χ2n) is 6.36. The highest BCUT2D eigenvalue weighted by Gasteiger charge is 2.28. The molecule has 1 rings (SSSR count). The summed E-state index contributed by atoms with van der Waals surface area (Å²) in [7, 11) is 0. The Labute approximate surface area is 124 Å². The van der Waals surface area contributed by atoms with E-state index in [2.05, 4.69) is 10.2 Å². The molecule has 20 heavy (non-hydrogen) atoms. The fourth-order valence-electron chi connectivity index (χ4n) is 3.11. The Hall–Kier alpha value is -0.610. The maximum Gasteiger partial charge on any atom is 0.237 e. The average Bonchev–Trinajstić information content (AvgIpc) is 2.67. The van der Waals surface area contributed by atoms with E-state index in [1.54, 1.807) is 0 Å². The standard InChI is InChI=1S/C16H33N3O/c1-13(2)18-16(20)14(3)19(12-8-11-17)15-9-6-4-5-7-10-15/h13-15H,4-12,17H2,1-3H3,(H,18,20). The quantitative estimate of drug-likeness (QED) is 0.705. The first-order valence-electron chi connectivity index (χ1n) is 8.32. The number of rotatable bonds is 7. The molecular weight excluding hydrogens is 250 g/mol. The van der Waals surface area contributed by atoms with Crippen LogP contribution in [0.1, 0.15) is 65.7 Å². The molecule has 0 spiro atoms. The van der Waals surface area contributed by atoms with Crippen molar-refractivity contribution in [1.29, 1.82) is 0 Å². The van der Waals surface area contributed by atoms with E-state index in [0.29, 0.717) is 12.6 Å². The molecule has 0 radical (unpaired) electrons. The van der Waals surface area contributed by atoms with Crippen LogP contribution in [0.25, 0.3) is 0 Å². The largest absolute Gasteiger partial charge is 0.353 e. The maximum absolute atomic E-state index is 12.3. The van der Waals surface area contributed by atoms with E-state index in [0.717, 1.165) is 13.0 Å². The highest BCUT2D eigenvalue weighted by atomic mass is 16.2. The Morgan fingerprint density at radius 2 is 1.80 bits per heavy atom. The molecule has 1 atom stereocenters. The lowest BCUT2D eigenvalue weighted by atomic mass is 10.0. The number of nitrogens with two attached hydrogens (primary N) is 1. The minimum Gasteiger partial charge on any atom is -0.353 e. The van der Waals surface area contributed by atoms with Gasteiger partial charge in [0.25, 0.3) is 0 Å². The number of carbonyl (C=O) groups excluding carboxylic acids is 1. The molecular formula is C16H33N3O. The summed E-state index contributed by atoms with van der Waals surface area (Å²) in [5.41, 5.74) is 5.67. The first kappa shape index (κ1) is 17.4. The van der Waals surface area contributed by atoms with Crippen molar-refractivity contribution < 1.29 is 4.79 Å². The van der Waals surface area contributed by atoms with Crippen LogP contribution in [0.5, 0.6) is 0 Å². The van der Waals surface area contributed by atoms with Gasteiger partial charge in [0.15, 0.2) is 0 Å².